The highest BCUT2D eigenvalue weighted by Crippen LogP contribution is 2.29. The molecular weight excluding hydrogens is 433 g/mol. The highest BCUT2D eigenvalue weighted by atomic mass is 35.5. The van der Waals surface area contributed by atoms with Crippen LogP contribution in [0.3, 0.4) is 0 Å². The third-order valence-electron chi connectivity index (χ3n) is 3.65. The minimum absolute atomic E-state index is 0.149. The molecule has 0 unspecified atom stereocenters. The number of hydrogen-bond acceptors (Lipinski definition) is 6. The van der Waals surface area contributed by atoms with E-state index in [9.17, 15) is 9.59 Å². The summed E-state index contributed by atoms with van der Waals surface area (Å²) in [5.74, 6) is -1.08. The number of carbonyl (C=O) groups is 2. The Morgan fingerprint density at radius 2 is 1.86 bits per heavy atom. The van der Waals surface area contributed by atoms with Gasteiger partial charge in [0.2, 0.25) is 0 Å². The molecule has 3 aromatic rings. The van der Waals surface area contributed by atoms with E-state index in [0.29, 0.717) is 15.7 Å². The third kappa shape index (κ3) is 5.69. The van der Waals surface area contributed by atoms with Gasteiger partial charge in [0.1, 0.15) is 5.03 Å². The van der Waals surface area contributed by atoms with Gasteiger partial charge in [-0.1, -0.05) is 53.2 Å². The van der Waals surface area contributed by atoms with E-state index < -0.39 is 18.5 Å². The standard InChI is InChI=1S/C20H15Cl2N3O3S/c1-12-15(21)10-16(22)18(24-12)25-17(26)11-28-20(27)14-8-5-9-23-19(14)29-13-6-3-2-4-7-13/h2-10H,11H2,1H3,(H,24,25,26). The second-order valence-electron chi connectivity index (χ2n) is 5.78. The first-order chi connectivity index (χ1) is 13.9. The van der Waals surface area contributed by atoms with Gasteiger partial charge in [-0.2, -0.15) is 0 Å². The normalized spacial score (nSPS) is 10.4. The zero-order valence-corrected chi connectivity index (χ0v) is 17.5. The molecule has 0 saturated carbocycles. The SMILES string of the molecule is Cc1nc(NC(=O)COC(=O)c2cccnc2Sc2ccccc2)c(Cl)cc1Cl. The predicted molar refractivity (Wildman–Crippen MR) is 113 cm³/mol. The van der Waals surface area contributed by atoms with Crippen molar-refractivity contribution in [1.29, 1.82) is 0 Å². The molecule has 9 heteroatoms. The molecule has 3 rings (SSSR count). The number of amides is 1. The van der Waals surface area contributed by atoms with E-state index >= 15 is 0 Å². The Morgan fingerprint density at radius 1 is 1.10 bits per heavy atom. The van der Waals surface area contributed by atoms with Crippen LogP contribution in [0, 0.1) is 6.92 Å². The Kier molecular flexibility index (Phi) is 7.09. The van der Waals surface area contributed by atoms with Gasteiger partial charge in [-0.25, -0.2) is 14.8 Å². The maximum absolute atomic E-state index is 12.5. The maximum atomic E-state index is 12.5. The Balaban J connectivity index is 1.64. The molecule has 0 radical (unpaired) electrons. The molecule has 2 heterocycles. The van der Waals surface area contributed by atoms with E-state index in [4.69, 9.17) is 27.9 Å². The van der Waals surface area contributed by atoms with Crippen LogP contribution in [-0.2, 0) is 9.53 Å². The predicted octanol–water partition coefficient (Wildman–Crippen LogP) is 5.04. The number of anilines is 1. The van der Waals surface area contributed by atoms with Gasteiger partial charge < -0.3 is 10.1 Å². The summed E-state index contributed by atoms with van der Waals surface area (Å²) >= 11 is 13.3. The second kappa shape index (κ2) is 9.73. The number of carbonyl (C=O) groups excluding carboxylic acids is 2. The number of benzene rings is 1. The number of hydrogen-bond donors (Lipinski definition) is 1. The van der Waals surface area contributed by atoms with Gasteiger partial charge >= 0.3 is 5.97 Å². The van der Waals surface area contributed by atoms with Crippen LogP contribution in [0.25, 0.3) is 0 Å². The van der Waals surface area contributed by atoms with Crippen LogP contribution >= 0.6 is 35.0 Å². The summed E-state index contributed by atoms with van der Waals surface area (Å²) in [5.41, 5.74) is 0.786. The molecule has 0 aliphatic carbocycles. The van der Waals surface area contributed by atoms with Crippen molar-refractivity contribution in [2.24, 2.45) is 0 Å². The summed E-state index contributed by atoms with van der Waals surface area (Å²) in [5, 5.41) is 3.57. The smallest absolute Gasteiger partial charge is 0.341 e. The molecule has 0 bridgehead atoms. The number of pyridine rings is 2. The van der Waals surface area contributed by atoms with Gasteiger partial charge in [0, 0.05) is 11.1 Å². The van der Waals surface area contributed by atoms with E-state index in [-0.39, 0.29) is 16.4 Å². The van der Waals surface area contributed by atoms with Gasteiger partial charge in [-0.3, -0.25) is 4.79 Å². The molecule has 0 saturated heterocycles. The molecule has 1 amide bonds. The van der Waals surface area contributed by atoms with E-state index in [1.807, 2.05) is 30.3 Å². The largest absolute Gasteiger partial charge is 0.452 e. The van der Waals surface area contributed by atoms with Crippen molar-refractivity contribution < 1.29 is 14.3 Å². The summed E-state index contributed by atoms with van der Waals surface area (Å²) in [4.78, 5) is 33.9. The Labute approximate surface area is 181 Å². The van der Waals surface area contributed by atoms with Crippen molar-refractivity contribution in [2.45, 2.75) is 16.8 Å². The number of nitrogens with zero attached hydrogens (tertiary/aromatic N) is 2. The quantitative estimate of drug-likeness (QED) is 0.533. The van der Waals surface area contributed by atoms with Crippen LogP contribution in [-0.4, -0.2) is 28.5 Å². The van der Waals surface area contributed by atoms with E-state index in [2.05, 4.69) is 15.3 Å². The summed E-state index contributed by atoms with van der Waals surface area (Å²) in [6.45, 7) is 1.19. The van der Waals surface area contributed by atoms with Crippen molar-refractivity contribution in [3.8, 4) is 0 Å². The monoisotopic (exact) mass is 447 g/mol. The van der Waals surface area contributed by atoms with Gasteiger partial charge in [0.25, 0.3) is 5.91 Å². The van der Waals surface area contributed by atoms with E-state index in [0.717, 1.165) is 4.90 Å². The number of nitrogens with one attached hydrogen (secondary N) is 1. The molecule has 1 N–H and O–H groups in total. The summed E-state index contributed by atoms with van der Waals surface area (Å²) in [6.07, 6.45) is 1.59. The zero-order chi connectivity index (χ0) is 20.8. The molecule has 1 aromatic carbocycles. The Bertz CT molecular complexity index is 1050. The fourth-order valence-corrected chi connectivity index (χ4v) is 3.55. The summed E-state index contributed by atoms with van der Waals surface area (Å²) < 4.78 is 5.13. The number of halogens is 2. The average Bonchev–Trinajstić information content (AvgIpc) is 2.71. The number of ether oxygens (including phenoxy) is 1. The molecule has 6 nitrogen and oxygen atoms in total. The lowest BCUT2D eigenvalue weighted by Gasteiger charge is -2.10. The third-order valence-corrected chi connectivity index (χ3v) is 5.34. The first-order valence-corrected chi connectivity index (χ1v) is 9.99. The van der Waals surface area contributed by atoms with Crippen LogP contribution in [0.15, 0.2) is 64.6 Å². The number of rotatable bonds is 6. The second-order valence-corrected chi connectivity index (χ2v) is 7.66. The number of esters is 1. The van der Waals surface area contributed by atoms with Crippen molar-refractivity contribution in [3.63, 3.8) is 0 Å². The lowest BCUT2D eigenvalue weighted by molar-refractivity contribution is -0.119. The maximum Gasteiger partial charge on any atom is 0.341 e. The zero-order valence-electron chi connectivity index (χ0n) is 15.2. The minimum atomic E-state index is -0.655. The van der Waals surface area contributed by atoms with Gasteiger partial charge in [-0.05, 0) is 37.3 Å². The first-order valence-electron chi connectivity index (χ1n) is 8.41. The summed E-state index contributed by atoms with van der Waals surface area (Å²) in [6, 6.07) is 14.2. The van der Waals surface area contributed by atoms with E-state index in [1.54, 1.807) is 25.3 Å². The topological polar surface area (TPSA) is 81.2 Å². The van der Waals surface area contributed by atoms with Crippen molar-refractivity contribution in [2.75, 3.05) is 11.9 Å². The highest BCUT2D eigenvalue weighted by molar-refractivity contribution is 7.99. The lowest BCUT2D eigenvalue weighted by atomic mass is 10.3. The molecule has 2 aromatic heterocycles. The van der Waals surface area contributed by atoms with Crippen LogP contribution in [0.4, 0.5) is 5.82 Å². The molecule has 0 fully saturated rings. The number of aryl methyl sites for hydroxylation is 1. The molecular formula is C20H15Cl2N3O3S. The van der Waals surface area contributed by atoms with Crippen LogP contribution in [0.1, 0.15) is 16.1 Å². The highest BCUT2D eigenvalue weighted by Gasteiger charge is 2.17. The van der Waals surface area contributed by atoms with Gasteiger partial charge in [-0.15, -0.1) is 0 Å². The van der Waals surface area contributed by atoms with Gasteiger partial charge in [0.15, 0.2) is 12.4 Å². The molecule has 0 aliphatic rings. The molecule has 0 spiro atoms. The van der Waals surface area contributed by atoms with Crippen molar-refractivity contribution in [1.82, 2.24) is 9.97 Å². The van der Waals surface area contributed by atoms with E-state index in [1.165, 1.54) is 17.8 Å². The van der Waals surface area contributed by atoms with Crippen LogP contribution in [0.2, 0.25) is 10.0 Å². The molecule has 29 heavy (non-hydrogen) atoms. The lowest BCUT2D eigenvalue weighted by Crippen LogP contribution is -2.22. The van der Waals surface area contributed by atoms with Crippen molar-refractivity contribution >= 4 is 52.7 Å². The molecule has 0 aliphatic heterocycles. The Morgan fingerprint density at radius 3 is 2.62 bits per heavy atom. The van der Waals surface area contributed by atoms with Crippen molar-refractivity contribution in [3.05, 3.63) is 76.0 Å². The molecule has 0 atom stereocenters. The molecule has 148 valence electrons. The fourth-order valence-electron chi connectivity index (χ4n) is 2.25. The Hall–Kier alpha value is -2.61. The fraction of sp³-hybridized carbons (Fsp3) is 0.100. The van der Waals surface area contributed by atoms with Crippen LogP contribution in [0.5, 0.6) is 0 Å². The average molecular weight is 448 g/mol. The first kappa shape index (κ1) is 21.1. The van der Waals surface area contributed by atoms with Crippen LogP contribution < -0.4 is 5.32 Å². The minimum Gasteiger partial charge on any atom is -0.452 e. The summed E-state index contributed by atoms with van der Waals surface area (Å²) in [7, 11) is 0. The van der Waals surface area contributed by atoms with Gasteiger partial charge in [0.05, 0.1) is 21.3 Å². The number of aromatic nitrogens is 2.